The van der Waals surface area contributed by atoms with Crippen LogP contribution in [-0.2, 0) is 6.54 Å². The van der Waals surface area contributed by atoms with E-state index in [1.807, 2.05) is 22.9 Å². The molecule has 0 radical (unpaired) electrons. The van der Waals surface area contributed by atoms with Crippen LogP contribution in [0.5, 0.6) is 0 Å². The number of aromatic nitrogens is 2. The first-order valence-corrected chi connectivity index (χ1v) is 6.61. The summed E-state index contributed by atoms with van der Waals surface area (Å²) in [6.45, 7) is 0.648. The Bertz CT molecular complexity index is 744. The number of fused-ring (bicyclic) bond motifs is 1. The average molecular weight is 272 g/mol. The van der Waals surface area contributed by atoms with Crippen molar-refractivity contribution >= 4 is 27.3 Å². The van der Waals surface area contributed by atoms with Crippen LogP contribution in [0, 0.1) is 0 Å². The van der Waals surface area contributed by atoms with Crippen molar-refractivity contribution in [1.29, 1.82) is 0 Å². The summed E-state index contributed by atoms with van der Waals surface area (Å²) in [5.41, 5.74) is 6.80. The third-order valence-electron chi connectivity index (χ3n) is 2.95. The number of oxime groups is 1. The predicted molar refractivity (Wildman–Crippen MR) is 75.7 cm³/mol. The minimum absolute atomic E-state index is 0.0181. The summed E-state index contributed by atoms with van der Waals surface area (Å²) in [4.78, 5) is 4.10. The first-order valence-electron chi connectivity index (χ1n) is 5.73. The van der Waals surface area contributed by atoms with E-state index in [0.717, 1.165) is 0 Å². The Morgan fingerprint density at radius 3 is 3.11 bits per heavy atom. The lowest BCUT2D eigenvalue weighted by molar-refractivity contribution is 0.318. The smallest absolute Gasteiger partial charge is 0.206 e. The standard InChI is InChI=1S/C13H12N4OS/c14-12(16-18)13-15-5-6-17(13)7-9-8-19-11-4-2-1-3-10(9)11/h1-6,8,18H,7H2,(H2,14,16). The van der Waals surface area contributed by atoms with Crippen LogP contribution >= 0.6 is 11.3 Å². The minimum atomic E-state index is 0.0181. The molecule has 0 spiro atoms. The van der Waals surface area contributed by atoms with Gasteiger partial charge in [0.1, 0.15) is 0 Å². The first-order chi connectivity index (χ1) is 9.29. The van der Waals surface area contributed by atoms with Crippen LogP contribution in [0.15, 0.2) is 47.2 Å². The van der Waals surface area contributed by atoms with E-state index in [1.54, 1.807) is 17.5 Å². The molecule has 0 amide bonds. The second kappa shape index (κ2) is 4.74. The van der Waals surface area contributed by atoms with Crippen LogP contribution in [0.1, 0.15) is 11.4 Å². The Morgan fingerprint density at radius 2 is 2.26 bits per heavy atom. The predicted octanol–water partition coefficient (Wildman–Crippen LogP) is 2.24. The molecule has 0 unspecified atom stereocenters. The van der Waals surface area contributed by atoms with E-state index >= 15 is 0 Å². The van der Waals surface area contributed by atoms with Crippen LogP contribution in [0.4, 0.5) is 0 Å². The van der Waals surface area contributed by atoms with Gasteiger partial charge >= 0.3 is 0 Å². The molecule has 3 aromatic rings. The molecule has 0 saturated carbocycles. The lowest BCUT2D eigenvalue weighted by Crippen LogP contribution is -2.19. The van der Waals surface area contributed by atoms with Gasteiger partial charge in [-0.3, -0.25) is 0 Å². The van der Waals surface area contributed by atoms with Crippen LogP contribution in [0.3, 0.4) is 0 Å². The van der Waals surface area contributed by atoms with Crippen molar-refractivity contribution in [1.82, 2.24) is 9.55 Å². The summed E-state index contributed by atoms with van der Waals surface area (Å²) in [6.07, 6.45) is 3.46. The number of rotatable bonds is 3. The van der Waals surface area contributed by atoms with Crippen molar-refractivity contribution in [3.8, 4) is 0 Å². The second-order valence-electron chi connectivity index (χ2n) is 4.12. The number of benzene rings is 1. The fourth-order valence-corrected chi connectivity index (χ4v) is 3.01. The molecule has 3 N–H and O–H groups in total. The quantitative estimate of drug-likeness (QED) is 0.332. The topological polar surface area (TPSA) is 76.4 Å². The van der Waals surface area contributed by atoms with Gasteiger partial charge in [-0.2, -0.15) is 0 Å². The lowest BCUT2D eigenvalue weighted by atomic mass is 10.2. The van der Waals surface area contributed by atoms with Crippen LogP contribution < -0.4 is 5.73 Å². The highest BCUT2D eigenvalue weighted by molar-refractivity contribution is 7.17. The minimum Gasteiger partial charge on any atom is -0.409 e. The third kappa shape index (κ3) is 2.06. The zero-order valence-corrected chi connectivity index (χ0v) is 10.8. The number of hydrogen-bond acceptors (Lipinski definition) is 4. The van der Waals surface area contributed by atoms with E-state index in [1.165, 1.54) is 15.6 Å². The van der Waals surface area contributed by atoms with Gasteiger partial charge in [0.05, 0.1) is 6.54 Å². The van der Waals surface area contributed by atoms with Crippen molar-refractivity contribution in [2.45, 2.75) is 6.54 Å². The third-order valence-corrected chi connectivity index (χ3v) is 3.97. The molecule has 19 heavy (non-hydrogen) atoms. The van der Waals surface area contributed by atoms with Crippen molar-refractivity contribution in [3.63, 3.8) is 0 Å². The summed E-state index contributed by atoms with van der Waals surface area (Å²) in [6, 6.07) is 8.25. The first kappa shape index (κ1) is 11.7. The highest BCUT2D eigenvalue weighted by Crippen LogP contribution is 2.26. The maximum absolute atomic E-state index is 8.74. The van der Waals surface area contributed by atoms with Crippen LogP contribution in [0.25, 0.3) is 10.1 Å². The van der Waals surface area contributed by atoms with Gasteiger partial charge in [0.2, 0.25) is 5.84 Å². The van der Waals surface area contributed by atoms with E-state index in [0.29, 0.717) is 12.4 Å². The highest BCUT2D eigenvalue weighted by Gasteiger charge is 2.10. The van der Waals surface area contributed by atoms with Gasteiger partial charge in [0.25, 0.3) is 0 Å². The molecular weight excluding hydrogens is 260 g/mol. The van der Waals surface area contributed by atoms with Crippen LogP contribution in [-0.4, -0.2) is 20.6 Å². The van der Waals surface area contributed by atoms with Crippen molar-refractivity contribution in [2.75, 3.05) is 0 Å². The zero-order valence-electron chi connectivity index (χ0n) is 10.0. The molecule has 6 heteroatoms. The van der Waals surface area contributed by atoms with Crippen molar-refractivity contribution in [2.24, 2.45) is 10.9 Å². The van der Waals surface area contributed by atoms with Gasteiger partial charge in [-0.1, -0.05) is 23.4 Å². The molecule has 96 valence electrons. The maximum Gasteiger partial charge on any atom is 0.206 e. The molecule has 5 nitrogen and oxygen atoms in total. The number of nitrogens with two attached hydrogens (primary N) is 1. The van der Waals surface area contributed by atoms with Crippen molar-refractivity contribution < 1.29 is 5.21 Å². The molecule has 0 aliphatic heterocycles. The maximum atomic E-state index is 8.74. The fourth-order valence-electron chi connectivity index (χ4n) is 2.05. The van der Waals surface area contributed by atoms with Gasteiger partial charge in [-0.15, -0.1) is 11.3 Å². The summed E-state index contributed by atoms with van der Waals surface area (Å²) in [7, 11) is 0. The molecule has 0 bridgehead atoms. The molecule has 2 aromatic heterocycles. The molecule has 0 fully saturated rings. The number of thiophene rings is 1. The Labute approximate surface area is 113 Å². The highest BCUT2D eigenvalue weighted by atomic mass is 32.1. The van der Waals surface area contributed by atoms with Crippen molar-refractivity contribution in [3.05, 3.63) is 53.4 Å². The molecule has 0 aliphatic carbocycles. The fraction of sp³-hybridized carbons (Fsp3) is 0.0769. The lowest BCUT2D eigenvalue weighted by Gasteiger charge is -2.05. The zero-order chi connectivity index (χ0) is 13.2. The summed E-state index contributed by atoms with van der Waals surface area (Å²) >= 11 is 1.71. The number of imidazole rings is 1. The van der Waals surface area contributed by atoms with Gasteiger partial charge in [-0.05, 0) is 22.4 Å². The Morgan fingerprint density at radius 1 is 1.42 bits per heavy atom. The molecule has 2 heterocycles. The molecule has 1 aromatic carbocycles. The molecule has 0 aliphatic rings. The average Bonchev–Trinajstić information content (AvgIpc) is 3.06. The number of nitrogens with zero attached hydrogens (tertiary/aromatic N) is 3. The van der Waals surface area contributed by atoms with E-state index in [-0.39, 0.29) is 5.84 Å². The second-order valence-corrected chi connectivity index (χ2v) is 5.03. The monoisotopic (exact) mass is 272 g/mol. The Hall–Kier alpha value is -2.34. The largest absolute Gasteiger partial charge is 0.409 e. The van der Waals surface area contributed by atoms with E-state index in [4.69, 9.17) is 10.9 Å². The van der Waals surface area contributed by atoms with Gasteiger partial charge in [-0.25, -0.2) is 4.98 Å². The van der Waals surface area contributed by atoms with E-state index in [2.05, 4.69) is 27.7 Å². The number of amidine groups is 1. The summed E-state index contributed by atoms with van der Waals surface area (Å²) in [5.74, 6) is 0.488. The Balaban J connectivity index is 2.00. The summed E-state index contributed by atoms with van der Waals surface area (Å²) < 4.78 is 3.12. The SMILES string of the molecule is NC(=NO)c1nccn1Cc1csc2ccccc12. The number of hydrogen-bond donors (Lipinski definition) is 2. The van der Waals surface area contributed by atoms with Gasteiger partial charge in [0, 0.05) is 17.1 Å². The summed E-state index contributed by atoms with van der Waals surface area (Å²) in [5, 5.41) is 15.1. The molecular formula is C13H12N4OS. The molecule has 0 atom stereocenters. The normalized spacial score (nSPS) is 12.1. The molecule has 0 saturated heterocycles. The van der Waals surface area contributed by atoms with Gasteiger partial charge < -0.3 is 15.5 Å². The molecule has 3 rings (SSSR count). The Kier molecular flexibility index (Phi) is 2.92. The van der Waals surface area contributed by atoms with E-state index in [9.17, 15) is 0 Å². The van der Waals surface area contributed by atoms with Gasteiger partial charge in [0.15, 0.2) is 5.82 Å². The van der Waals surface area contributed by atoms with Crippen LogP contribution in [0.2, 0.25) is 0 Å². The van der Waals surface area contributed by atoms with E-state index < -0.39 is 0 Å².